The van der Waals surface area contributed by atoms with E-state index in [1.807, 2.05) is 30.3 Å². The quantitative estimate of drug-likeness (QED) is 0.486. The van der Waals surface area contributed by atoms with Crippen LogP contribution in [0.15, 0.2) is 72.8 Å². The Morgan fingerprint density at radius 2 is 1.33 bits per heavy atom. The molecule has 0 saturated carbocycles. The number of methoxy groups -OCH3 is 1. The van der Waals surface area contributed by atoms with Gasteiger partial charge in [-0.1, -0.05) is 30.3 Å². The Balaban J connectivity index is 1.35. The second-order valence-corrected chi connectivity index (χ2v) is 8.30. The van der Waals surface area contributed by atoms with Crippen molar-refractivity contribution < 1.29 is 32.2 Å². The summed E-state index contributed by atoms with van der Waals surface area (Å²) in [6, 6.07) is 18.8. The Kier molecular flexibility index (Phi) is 7.47. The first-order valence-electron chi connectivity index (χ1n) is 11.4. The molecule has 0 radical (unpaired) electrons. The predicted octanol–water partition coefficient (Wildman–Crippen LogP) is 4.89. The second-order valence-electron chi connectivity index (χ2n) is 8.30. The fourth-order valence-corrected chi connectivity index (χ4v) is 3.93. The third-order valence-electron chi connectivity index (χ3n) is 5.96. The number of amides is 2. The summed E-state index contributed by atoms with van der Waals surface area (Å²) in [5.74, 6) is 0.389. The molecule has 36 heavy (non-hydrogen) atoms. The maximum atomic E-state index is 13.1. The zero-order chi connectivity index (χ0) is 25.7. The van der Waals surface area contributed by atoms with Crippen molar-refractivity contribution in [3.05, 3.63) is 95.1 Å². The van der Waals surface area contributed by atoms with Crippen molar-refractivity contribution in [1.82, 2.24) is 9.80 Å². The van der Waals surface area contributed by atoms with E-state index in [2.05, 4.69) is 0 Å². The van der Waals surface area contributed by atoms with E-state index in [9.17, 15) is 22.8 Å². The van der Waals surface area contributed by atoms with Crippen LogP contribution in [0.3, 0.4) is 0 Å². The van der Waals surface area contributed by atoms with E-state index < -0.39 is 11.7 Å². The van der Waals surface area contributed by atoms with Gasteiger partial charge in [0.1, 0.15) is 6.61 Å². The topological polar surface area (TPSA) is 59.1 Å². The highest BCUT2D eigenvalue weighted by Crippen LogP contribution is 2.30. The van der Waals surface area contributed by atoms with Crippen LogP contribution in [0.1, 0.15) is 31.8 Å². The number of nitrogens with zero attached hydrogens (tertiary/aromatic N) is 2. The Hall–Kier alpha value is -4.01. The van der Waals surface area contributed by atoms with Crippen LogP contribution in [0.25, 0.3) is 0 Å². The fraction of sp³-hybridized carbons (Fsp3) is 0.259. The van der Waals surface area contributed by atoms with Gasteiger partial charge < -0.3 is 19.3 Å². The molecule has 1 heterocycles. The number of alkyl halides is 3. The highest BCUT2D eigenvalue weighted by atomic mass is 19.4. The Morgan fingerprint density at radius 1 is 0.778 bits per heavy atom. The molecule has 9 heteroatoms. The van der Waals surface area contributed by atoms with Crippen molar-refractivity contribution in [1.29, 1.82) is 0 Å². The van der Waals surface area contributed by atoms with Gasteiger partial charge >= 0.3 is 6.18 Å². The van der Waals surface area contributed by atoms with Crippen molar-refractivity contribution >= 4 is 11.8 Å². The van der Waals surface area contributed by atoms with Crippen LogP contribution in [0, 0.1) is 0 Å². The first-order valence-corrected chi connectivity index (χ1v) is 11.4. The van der Waals surface area contributed by atoms with E-state index >= 15 is 0 Å². The minimum Gasteiger partial charge on any atom is -0.493 e. The van der Waals surface area contributed by atoms with Crippen LogP contribution in [-0.2, 0) is 12.8 Å². The van der Waals surface area contributed by atoms with E-state index in [-0.39, 0.29) is 30.5 Å². The number of carbonyl (C=O) groups excluding carboxylic acids is 2. The van der Waals surface area contributed by atoms with E-state index in [1.54, 1.807) is 23.1 Å². The van der Waals surface area contributed by atoms with Crippen LogP contribution in [0.4, 0.5) is 13.2 Å². The van der Waals surface area contributed by atoms with E-state index in [1.165, 1.54) is 24.1 Å². The van der Waals surface area contributed by atoms with E-state index in [4.69, 9.17) is 9.47 Å². The number of halogens is 3. The Morgan fingerprint density at radius 3 is 1.89 bits per heavy atom. The van der Waals surface area contributed by atoms with Gasteiger partial charge in [0.2, 0.25) is 0 Å². The highest BCUT2D eigenvalue weighted by Gasteiger charge is 2.31. The molecule has 0 bridgehead atoms. The molecule has 3 aromatic rings. The minimum atomic E-state index is -4.46. The number of ether oxygens (including phenoxy) is 2. The molecule has 188 valence electrons. The van der Waals surface area contributed by atoms with Gasteiger partial charge in [-0.25, -0.2) is 0 Å². The number of carbonyl (C=O) groups is 2. The first kappa shape index (κ1) is 25.1. The molecule has 1 aliphatic heterocycles. The van der Waals surface area contributed by atoms with Crippen molar-refractivity contribution in [2.24, 2.45) is 0 Å². The Bertz CT molecular complexity index is 1210. The smallest absolute Gasteiger partial charge is 0.416 e. The zero-order valence-electron chi connectivity index (χ0n) is 19.6. The second kappa shape index (κ2) is 10.7. The van der Waals surface area contributed by atoms with E-state index in [0.717, 1.165) is 17.7 Å². The number of hydrogen-bond donors (Lipinski definition) is 0. The first-order chi connectivity index (χ1) is 17.3. The van der Waals surface area contributed by atoms with Gasteiger partial charge in [0.25, 0.3) is 11.8 Å². The predicted molar refractivity (Wildman–Crippen MR) is 127 cm³/mol. The molecule has 3 aromatic carbocycles. The standard InChI is InChI=1S/C27H25F3N2O4/c1-35-24-17-21(9-12-23(24)36-18-19-5-3-2-4-6-19)26(34)32-15-13-31(14-16-32)25(33)20-7-10-22(11-8-20)27(28,29)30/h2-12,17H,13-16,18H2,1H3. The van der Waals surface area contributed by atoms with Crippen LogP contribution in [0.5, 0.6) is 11.5 Å². The third-order valence-corrected chi connectivity index (χ3v) is 5.96. The summed E-state index contributed by atoms with van der Waals surface area (Å²) in [4.78, 5) is 28.9. The molecule has 0 aliphatic carbocycles. The molecular weight excluding hydrogens is 473 g/mol. The summed E-state index contributed by atoms with van der Waals surface area (Å²) >= 11 is 0. The molecule has 0 aromatic heterocycles. The minimum absolute atomic E-state index is 0.179. The molecule has 2 amide bonds. The number of benzene rings is 3. The molecule has 0 spiro atoms. The molecule has 6 nitrogen and oxygen atoms in total. The SMILES string of the molecule is COc1cc(C(=O)N2CCN(C(=O)c3ccc(C(F)(F)F)cc3)CC2)ccc1OCc1ccccc1. The summed E-state index contributed by atoms with van der Waals surface area (Å²) in [6.07, 6.45) is -4.46. The average molecular weight is 499 g/mol. The Labute approximate surface area is 206 Å². The van der Waals surface area contributed by atoms with Crippen LogP contribution in [0.2, 0.25) is 0 Å². The summed E-state index contributed by atoms with van der Waals surface area (Å²) in [7, 11) is 1.50. The van der Waals surface area contributed by atoms with Crippen molar-refractivity contribution in [3.63, 3.8) is 0 Å². The molecule has 1 fully saturated rings. The van der Waals surface area contributed by atoms with Gasteiger partial charge in [0.05, 0.1) is 12.7 Å². The molecule has 4 rings (SSSR count). The van der Waals surface area contributed by atoms with Gasteiger partial charge in [-0.3, -0.25) is 9.59 Å². The van der Waals surface area contributed by atoms with Gasteiger partial charge in [-0.05, 0) is 48.0 Å². The summed E-state index contributed by atoms with van der Waals surface area (Å²) in [5.41, 5.74) is 0.810. The number of hydrogen-bond acceptors (Lipinski definition) is 4. The highest BCUT2D eigenvalue weighted by molar-refractivity contribution is 5.96. The maximum absolute atomic E-state index is 13.1. The summed E-state index contributed by atoms with van der Waals surface area (Å²) in [5, 5.41) is 0. The molecule has 0 unspecified atom stereocenters. The monoisotopic (exact) mass is 498 g/mol. The lowest BCUT2D eigenvalue weighted by molar-refractivity contribution is -0.137. The molecule has 1 aliphatic rings. The van der Waals surface area contributed by atoms with Gasteiger partial charge in [0, 0.05) is 37.3 Å². The zero-order valence-corrected chi connectivity index (χ0v) is 19.6. The van der Waals surface area contributed by atoms with Gasteiger partial charge in [0.15, 0.2) is 11.5 Å². The average Bonchev–Trinajstić information content (AvgIpc) is 2.91. The number of rotatable bonds is 6. The van der Waals surface area contributed by atoms with Crippen molar-refractivity contribution in [3.8, 4) is 11.5 Å². The molecule has 1 saturated heterocycles. The maximum Gasteiger partial charge on any atom is 0.416 e. The van der Waals surface area contributed by atoms with Crippen LogP contribution in [-0.4, -0.2) is 54.9 Å². The lowest BCUT2D eigenvalue weighted by Crippen LogP contribution is -2.50. The normalized spacial score (nSPS) is 13.9. The lowest BCUT2D eigenvalue weighted by atomic mass is 10.1. The van der Waals surface area contributed by atoms with Crippen LogP contribution < -0.4 is 9.47 Å². The largest absolute Gasteiger partial charge is 0.493 e. The molecule has 0 atom stereocenters. The van der Waals surface area contributed by atoms with E-state index in [0.29, 0.717) is 36.8 Å². The van der Waals surface area contributed by atoms with Crippen molar-refractivity contribution in [2.45, 2.75) is 12.8 Å². The molecule has 0 N–H and O–H groups in total. The molecular formula is C27H25F3N2O4. The number of piperazine rings is 1. The van der Waals surface area contributed by atoms with Crippen LogP contribution >= 0.6 is 0 Å². The fourth-order valence-electron chi connectivity index (χ4n) is 3.93. The summed E-state index contributed by atoms with van der Waals surface area (Å²) in [6.45, 7) is 1.53. The van der Waals surface area contributed by atoms with Gasteiger partial charge in [-0.2, -0.15) is 13.2 Å². The van der Waals surface area contributed by atoms with Gasteiger partial charge in [-0.15, -0.1) is 0 Å². The third kappa shape index (κ3) is 5.79. The summed E-state index contributed by atoms with van der Waals surface area (Å²) < 4.78 is 49.6. The lowest BCUT2D eigenvalue weighted by Gasteiger charge is -2.35. The van der Waals surface area contributed by atoms with Crippen molar-refractivity contribution in [2.75, 3.05) is 33.3 Å².